The van der Waals surface area contributed by atoms with Crippen molar-refractivity contribution >= 4 is 11.8 Å². The maximum Gasteiger partial charge on any atom is 0.242 e. The van der Waals surface area contributed by atoms with Gasteiger partial charge in [-0.3, -0.25) is 9.59 Å². The Morgan fingerprint density at radius 1 is 1.22 bits per heavy atom. The first-order valence-electron chi connectivity index (χ1n) is 8.23. The Hall–Kier alpha value is -1.88. The predicted molar refractivity (Wildman–Crippen MR) is 88.7 cm³/mol. The molecule has 2 amide bonds. The second-order valence-electron chi connectivity index (χ2n) is 6.75. The molecular weight excluding hydrogens is 292 g/mol. The van der Waals surface area contributed by atoms with E-state index in [-0.39, 0.29) is 30.7 Å². The molecule has 0 spiro atoms. The highest BCUT2D eigenvalue weighted by molar-refractivity contribution is 5.88. The van der Waals surface area contributed by atoms with Crippen LogP contribution in [0.15, 0.2) is 30.3 Å². The summed E-state index contributed by atoms with van der Waals surface area (Å²) in [5, 5.41) is 15.6. The number of carbonyl (C=O) groups excluding carboxylic acids is 2. The van der Waals surface area contributed by atoms with Gasteiger partial charge < -0.3 is 15.7 Å². The predicted octanol–water partition coefficient (Wildman–Crippen LogP) is 1.40. The van der Waals surface area contributed by atoms with Crippen molar-refractivity contribution in [3.63, 3.8) is 0 Å². The van der Waals surface area contributed by atoms with E-state index in [0.29, 0.717) is 0 Å². The zero-order valence-electron chi connectivity index (χ0n) is 13.8. The van der Waals surface area contributed by atoms with Crippen molar-refractivity contribution in [1.29, 1.82) is 0 Å². The normalized spacial score (nSPS) is 17.2. The molecule has 1 aromatic rings. The molecule has 5 heteroatoms. The number of aliphatic hydroxyl groups is 1. The van der Waals surface area contributed by atoms with Gasteiger partial charge in [0.25, 0.3) is 0 Å². The molecule has 1 saturated carbocycles. The van der Waals surface area contributed by atoms with Crippen LogP contribution in [0.3, 0.4) is 0 Å². The number of amides is 2. The van der Waals surface area contributed by atoms with Gasteiger partial charge in [-0.05, 0) is 30.7 Å². The minimum absolute atomic E-state index is 0.0224. The van der Waals surface area contributed by atoms with Gasteiger partial charge in [0, 0.05) is 6.54 Å². The van der Waals surface area contributed by atoms with Crippen molar-refractivity contribution in [2.75, 3.05) is 6.54 Å². The summed E-state index contributed by atoms with van der Waals surface area (Å²) in [7, 11) is 0. The summed E-state index contributed by atoms with van der Waals surface area (Å²) in [4.78, 5) is 24.5. The molecule has 1 fully saturated rings. The fraction of sp³-hybridized carbons (Fsp3) is 0.556. The number of hydrogen-bond donors (Lipinski definition) is 3. The first kappa shape index (κ1) is 17.5. The van der Waals surface area contributed by atoms with E-state index in [4.69, 9.17) is 0 Å². The fourth-order valence-electron chi connectivity index (χ4n) is 2.66. The molecule has 0 radical (unpaired) electrons. The van der Waals surface area contributed by atoms with Crippen molar-refractivity contribution in [2.24, 2.45) is 5.92 Å². The largest absolute Gasteiger partial charge is 0.388 e. The third kappa shape index (κ3) is 5.06. The van der Waals surface area contributed by atoms with E-state index in [1.165, 1.54) is 0 Å². The van der Waals surface area contributed by atoms with Crippen LogP contribution in [0.25, 0.3) is 0 Å². The highest BCUT2D eigenvalue weighted by Gasteiger charge is 2.35. The minimum atomic E-state index is -0.759. The van der Waals surface area contributed by atoms with Gasteiger partial charge >= 0.3 is 0 Å². The third-order valence-corrected chi connectivity index (χ3v) is 4.35. The SMILES string of the molecule is CC(C)C(NC(=O)Cc1ccccc1)C(=O)NCC1(O)CCC1. The molecule has 1 unspecified atom stereocenters. The smallest absolute Gasteiger partial charge is 0.242 e. The zero-order chi connectivity index (χ0) is 16.9. The van der Waals surface area contributed by atoms with E-state index in [1.54, 1.807) is 0 Å². The molecule has 126 valence electrons. The molecule has 1 atom stereocenters. The number of carbonyl (C=O) groups is 2. The van der Waals surface area contributed by atoms with Crippen LogP contribution >= 0.6 is 0 Å². The monoisotopic (exact) mass is 318 g/mol. The van der Waals surface area contributed by atoms with Gasteiger partial charge in [0.15, 0.2) is 0 Å². The summed E-state index contributed by atoms with van der Waals surface area (Å²) >= 11 is 0. The van der Waals surface area contributed by atoms with E-state index in [9.17, 15) is 14.7 Å². The fourth-order valence-corrected chi connectivity index (χ4v) is 2.66. The summed E-state index contributed by atoms with van der Waals surface area (Å²) in [6, 6.07) is 8.85. The van der Waals surface area contributed by atoms with Gasteiger partial charge in [-0.2, -0.15) is 0 Å². The van der Waals surface area contributed by atoms with Crippen molar-refractivity contribution in [2.45, 2.75) is 51.2 Å². The number of nitrogens with one attached hydrogen (secondary N) is 2. The van der Waals surface area contributed by atoms with Crippen molar-refractivity contribution in [3.8, 4) is 0 Å². The maximum absolute atomic E-state index is 12.3. The van der Waals surface area contributed by atoms with Crippen LogP contribution < -0.4 is 10.6 Å². The standard InChI is InChI=1S/C18H26N2O3/c1-13(2)16(17(22)19-12-18(23)9-6-10-18)20-15(21)11-14-7-4-3-5-8-14/h3-5,7-8,13,16,23H,6,9-12H2,1-2H3,(H,19,22)(H,20,21). The molecule has 0 bridgehead atoms. The lowest BCUT2D eigenvalue weighted by Gasteiger charge is -2.37. The molecule has 5 nitrogen and oxygen atoms in total. The van der Waals surface area contributed by atoms with Crippen LogP contribution in [0.1, 0.15) is 38.7 Å². The van der Waals surface area contributed by atoms with E-state index >= 15 is 0 Å². The van der Waals surface area contributed by atoms with Crippen LogP contribution in [0.2, 0.25) is 0 Å². The van der Waals surface area contributed by atoms with Crippen LogP contribution in [0.5, 0.6) is 0 Å². The quantitative estimate of drug-likeness (QED) is 0.711. The lowest BCUT2D eigenvalue weighted by atomic mass is 9.80. The Labute approximate surface area is 137 Å². The molecule has 0 saturated heterocycles. The molecule has 1 aliphatic rings. The first-order chi connectivity index (χ1) is 10.9. The van der Waals surface area contributed by atoms with E-state index < -0.39 is 11.6 Å². The van der Waals surface area contributed by atoms with Gasteiger partial charge in [-0.1, -0.05) is 44.2 Å². The second-order valence-corrected chi connectivity index (χ2v) is 6.75. The Morgan fingerprint density at radius 2 is 1.87 bits per heavy atom. The number of benzene rings is 1. The lowest BCUT2D eigenvalue weighted by molar-refractivity contribution is -0.131. The maximum atomic E-state index is 12.3. The van der Waals surface area contributed by atoms with E-state index in [0.717, 1.165) is 24.8 Å². The van der Waals surface area contributed by atoms with Crippen molar-refractivity contribution in [3.05, 3.63) is 35.9 Å². The van der Waals surface area contributed by atoms with Crippen LogP contribution in [0, 0.1) is 5.92 Å². The van der Waals surface area contributed by atoms with Crippen molar-refractivity contribution in [1.82, 2.24) is 10.6 Å². The molecule has 0 aromatic heterocycles. The van der Waals surface area contributed by atoms with Crippen LogP contribution in [0.4, 0.5) is 0 Å². The molecule has 1 aliphatic carbocycles. The first-order valence-corrected chi connectivity index (χ1v) is 8.23. The van der Waals surface area contributed by atoms with Crippen LogP contribution in [-0.2, 0) is 16.0 Å². The summed E-state index contributed by atoms with van der Waals surface area (Å²) in [5.41, 5.74) is 0.155. The Balaban J connectivity index is 1.87. The minimum Gasteiger partial charge on any atom is -0.388 e. The molecule has 2 rings (SSSR count). The molecular formula is C18H26N2O3. The molecule has 0 aliphatic heterocycles. The van der Waals surface area contributed by atoms with Gasteiger partial charge in [-0.25, -0.2) is 0 Å². The summed E-state index contributed by atoms with van der Waals surface area (Å²) in [6.45, 7) is 4.04. The van der Waals surface area contributed by atoms with Gasteiger partial charge in [0.1, 0.15) is 6.04 Å². The summed E-state index contributed by atoms with van der Waals surface area (Å²) in [5.74, 6) is -0.431. The number of rotatable bonds is 7. The zero-order valence-corrected chi connectivity index (χ0v) is 13.8. The Bertz CT molecular complexity index is 538. The Kier molecular flexibility index (Phi) is 5.77. The average Bonchev–Trinajstić information content (AvgIpc) is 2.49. The highest BCUT2D eigenvalue weighted by Crippen LogP contribution is 2.30. The van der Waals surface area contributed by atoms with Gasteiger partial charge in [-0.15, -0.1) is 0 Å². The van der Waals surface area contributed by atoms with Crippen molar-refractivity contribution < 1.29 is 14.7 Å². The summed E-state index contributed by atoms with van der Waals surface area (Å²) < 4.78 is 0. The highest BCUT2D eigenvalue weighted by atomic mass is 16.3. The number of hydrogen-bond acceptors (Lipinski definition) is 3. The average molecular weight is 318 g/mol. The summed E-state index contributed by atoms with van der Waals surface area (Å²) in [6.07, 6.45) is 2.69. The molecule has 0 heterocycles. The van der Waals surface area contributed by atoms with Gasteiger partial charge in [0.05, 0.1) is 12.0 Å². The molecule has 3 N–H and O–H groups in total. The molecule has 23 heavy (non-hydrogen) atoms. The van der Waals surface area contributed by atoms with E-state index in [2.05, 4.69) is 10.6 Å². The van der Waals surface area contributed by atoms with E-state index in [1.807, 2.05) is 44.2 Å². The third-order valence-electron chi connectivity index (χ3n) is 4.35. The van der Waals surface area contributed by atoms with Crippen LogP contribution in [-0.4, -0.2) is 35.1 Å². The second kappa shape index (κ2) is 7.59. The lowest BCUT2D eigenvalue weighted by Crippen LogP contribution is -2.54. The van der Waals surface area contributed by atoms with Gasteiger partial charge in [0.2, 0.25) is 11.8 Å². The molecule has 1 aromatic carbocycles. The Morgan fingerprint density at radius 3 is 2.39 bits per heavy atom. The topological polar surface area (TPSA) is 78.4 Å².